The average molecular weight is 270 g/mol. The number of rotatable bonds is 6. The summed E-state index contributed by atoms with van der Waals surface area (Å²) in [6, 6.07) is 4.94. The minimum absolute atomic E-state index is 0.0976. The van der Waals surface area contributed by atoms with Crippen LogP contribution in [0.2, 0.25) is 0 Å². The first-order chi connectivity index (χ1) is 8.40. The molecule has 0 aliphatic carbocycles. The van der Waals surface area contributed by atoms with Crippen LogP contribution in [0.15, 0.2) is 18.2 Å². The minimum atomic E-state index is -0.789. The Morgan fingerprint density at radius 3 is 2.67 bits per heavy atom. The Labute approximate surface area is 109 Å². The van der Waals surface area contributed by atoms with Crippen LogP contribution in [0, 0.1) is 17.0 Å². The smallest absolute Gasteiger partial charge is 0.269 e. The van der Waals surface area contributed by atoms with Crippen LogP contribution in [0.4, 0.5) is 11.4 Å². The largest absolute Gasteiger partial charge is 0.382 e. The molecule has 5 nitrogen and oxygen atoms in total. The Bertz CT molecular complexity index is 463. The molecule has 0 radical (unpaired) electrons. The standard InChI is InChI=1S/C12H18N2O3S/c1-9-8-11(14(15)16)4-5-12(9)13-10(2)6-7-18(3)17/h4-5,8,10,13H,6-7H2,1-3H3. The summed E-state index contributed by atoms with van der Waals surface area (Å²) in [6.07, 6.45) is 2.49. The van der Waals surface area contributed by atoms with Gasteiger partial charge in [0.15, 0.2) is 0 Å². The predicted molar refractivity (Wildman–Crippen MR) is 74.5 cm³/mol. The van der Waals surface area contributed by atoms with Crippen LogP contribution >= 0.6 is 0 Å². The molecule has 0 heterocycles. The number of aryl methyl sites for hydroxylation is 1. The molecule has 1 aromatic rings. The van der Waals surface area contributed by atoms with E-state index in [0.29, 0.717) is 5.75 Å². The highest BCUT2D eigenvalue weighted by Crippen LogP contribution is 2.22. The maximum atomic E-state index is 11.0. The maximum absolute atomic E-state index is 11.0. The molecule has 1 N–H and O–H groups in total. The van der Waals surface area contributed by atoms with Gasteiger partial charge < -0.3 is 5.32 Å². The fourth-order valence-corrected chi connectivity index (χ4v) is 2.29. The van der Waals surface area contributed by atoms with E-state index in [2.05, 4.69) is 5.32 Å². The number of nitro benzene ring substituents is 1. The Morgan fingerprint density at radius 2 is 2.17 bits per heavy atom. The zero-order valence-electron chi connectivity index (χ0n) is 10.8. The van der Waals surface area contributed by atoms with Gasteiger partial charge in [-0.05, 0) is 31.9 Å². The number of non-ortho nitro benzene ring substituents is 1. The number of nitro groups is 1. The molecule has 100 valence electrons. The van der Waals surface area contributed by atoms with Crippen molar-refractivity contribution in [2.75, 3.05) is 17.3 Å². The zero-order valence-corrected chi connectivity index (χ0v) is 11.6. The molecule has 1 aromatic carbocycles. The monoisotopic (exact) mass is 270 g/mol. The first-order valence-corrected chi connectivity index (χ1v) is 7.44. The molecule has 2 unspecified atom stereocenters. The second-order valence-corrected chi connectivity index (χ2v) is 5.92. The van der Waals surface area contributed by atoms with Crippen LogP contribution in [-0.4, -0.2) is 27.2 Å². The lowest BCUT2D eigenvalue weighted by Crippen LogP contribution is -2.18. The molecule has 6 heteroatoms. The van der Waals surface area contributed by atoms with Crippen molar-refractivity contribution >= 4 is 22.2 Å². The predicted octanol–water partition coefficient (Wildman–Crippen LogP) is 2.47. The highest BCUT2D eigenvalue weighted by molar-refractivity contribution is 7.84. The Hall–Kier alpha value is -1.43. The van der Waals surface area contributed by atoms with Gasteiger partial charge in [-0.25, -0.2) is 0 Å². The topological polar surface area (TPSA) is 72.2 Å². The molecule has 0 spiro atoms. The lowest BCUT2D eigenvalue weighted by atomic mass is 10.1. The van der Waals surface area contributed by atoms with Crippen LogP contribution in [0.5, 0.6) is 0 Å². The van der Waals surface area contributed by atoms with Crippen molar-refractivity contribution in [3.8, 4) is 0 Å². The number of nitrogens with zero attached hydrogens (tertiary/aromatic N) is 1. The molecule has 0 saturated heterocycles. The van der Waals surface area contributed by atoms with E-state index in [1.165, 1.54) is 6.07 Å². The SMILES string of the molecule is Cc1cc([N+](=O)[O-])ccc1NC(C)CCS(C)=O. The van der Waals surface area contributed by atoms with E-state index in [1.807, 2.05) is 13.8 Å². The quantitative estimate of drug-likeness (QED) is 0.636. The van der Waals surface area contributed by atoms with Crippen molar-refractivity contribution in [2.24, 2.45) is 0 Å². The number of hydrogen-bond donors (Lipinski definition) is 1. The molecule has 0 saturated carbocycles. The van der Waals surface area contributed by atoms with E-state index in [1.54, 1.807) is 18.4 Å². The first-order valence-electron chi connectivity index (χ1n) is 5.71. The molecule has 0 aliphatic rings. The molecule has 18 heavy (non-hydrogen) atoms. The third kappa shape index (κ3) is 4.44. The van der Waals surface area contributed by atoms with Gasteiger partial charge in [-0.15, -0.1) is 0 Å². The van der Waals surface area contributed by atoms with Crippen molar-refractivity contribution in [1.82, 2.24) is 0 Å². The maximum Gasteiger partial charge on any atom is 0.269 e. The molecule has 0 aromatic heterocycles. The zero-order chi connectivity index (χ0) is 13.7. The fourth-order valence-electron chi connectivity index (χ4n) is 1.60. The van der Waals surface area contributed by atoms with Crippen LogP contribution < -0.4 is 5.32 Å². The van der Waals surface area contributed by atoms with E-state index in [4.69, 9.17) is 0 Å². The lowest BCUT2D eigenvalue weighted by molar-refractivity contribution is -0.384. The van der Waals surface area contributed by atoms with Crippen LogP contribution in [-0.2, 0) is 10.8 Å². The van der Waals surface area contributed by atoms with Gasteiger partial charge in [0.1, 0.15) is 0 Å². The van der Waals surface area contributed by atoms with E-state index in [0.717, 1.165) is 17.7 Å². The van der Waals surface area contributed by atoms with Crippen molar-refractivity contribution in [3.05, 3.63) is 33.9 Å². The third-order valence-electron chi connectivity index (χ3n) is 2.66. The van der Waals surface area contributed by atoms with E-state index in [9.17, 15) is 14.3 Å². The molecule has 0 aliphatic heterocycles. The normalized spacial score (nSPS) is 13.9. The minimum Gasteiger partial charge on any atom is -0.382 e. The van der Waals surface area contributed by atoms with Crippen molar-refractivity contribution in [3.63, 3.8) is 0 Å². The Morgan fingerprint density at radius 1 is 1.50 bits per heavy atom. The van der Waals surface area contributed by atoms with Gasteiger partial charge in [-0.2, -0.15) is 0 Å². The highest BCUT2D eigenvalue weighted by atomic mass is 32.2. The van der Waals surface area contributed by atoms with Gasteiger partial charge in [0, 0.05) is 46.7 Å². The second kappa shape index (κ2) is 6.49. The number of anilines is 1. The second-order valence-electron chi connectivity index (χ2n) is 4.37. The van der Waals surface area contributed by atoms with Gasteiger partial charge in [0.2, 0.25) is 0 Å². The summed E-state index contributed by atoms with van der Waals surface area (Å²) < 4.78 is 11.0. The summed E-state index contributed by atoms with van der Waals surface area (Å²) in [5.41, 5.74) is 1.82. The summed E-state index contributed by atoms with van der Waals surface area (Å²) in [5.74, 6) is 0.653. The van der Waals surface area contributed by atoms with Gasteiger partial charge in [-0.3, -0.25) is 14.3 Å². The molecule has 0 fully saturated rings. The van der Waals surface area contributed by atoms with Crippen molar-refractivity contribution < 1.29 is 9.13 Å². The van der Waals surface area contributed by atoms with E-state index < -0.39 is 15.7 Å². The summed E-state index contributed by atoms with van der Waals surface area (Å²) >= 11 is 0. The Balaban J connectivity index is 2.67. The number of nitrogens with one attached hydrogen (secondary N) is 1. The molecular formula is C12H18N2O3S. The molecule has 0 amide bonds. The third-order valence-corrected chi connectivity index (χ3v) is 3.47. The summed E-state index contributed by atoms with van der Waals surface area (Å²) in [7, 11) is -0.789. The number of hydrogen-bond acceptors (Lipinski definition) is 4. The van der Waals surface area contributed by atoms with Gasteiger partial charge in [0.05, 0.1) is 4.92 Å². The summed E-state index contributed by atoms with van der Waals surface area (Å²) in [5, 5.41) is 13.9. The summed E-state index contributed by atoms with van der Waals surface area (Å²) in [6.45, 7) is 3.84. The highest BCUT2D eigenvalue weighted by Gasteiger charge is 2.10. The van der Waals surface area contributed by atoms with E-state index >= 15 is 0 Å². The first kappa shape index (κ1) is 14.6. The molecule has 1 rings (SSSR count). The van der Waals surface area contributed by atoms with Crippen LogP contribution in [0.3, 0.4) is 0 Å². The van der Waals surface area contributed by atoms with Crippen molar-refractivity contribution in [1.29, 1.82) is 0 Å². The molecule has 0 bridgehead atoms. The number of benzene rings is 1. The molecular weight excluding hydrogens is 252 g/mol. The van der Waals surface area contributed by atoms with Gasteiger partial charge >= 0.3 is 0 Å². The van der Waals surface area contributed by atoms with Crippen molar-refractivity contribution in [2.45, 2.75) is 26.3 Å². The van der Waals surface area contributed by atoms with Crippen LogP contribution in [0.25, 0.3) is 0 Å². The van der Waals surface area contributed by atoms with Gasteiger partial charge in [-0.1, -0.05) is 0 Å². The lowest BCUT2D eigenvalue weighted by Gasteiger charge is -2.16. The Kier molecular flexibility index (Phi) is 5.27. The van der Waals surface area contributed by atoms with E-state index in [-0.39, 0.29) is 11.7 Å². The fraction of sp³-hybridized carbons (Fsp3) is 0.500. The van der Waals surface area contributed by atoms with Crippen LogP contribution in [0.1, 0.15) is 18.9 Å². The molecule has 2 atom stereocenters. The average Bonchev–Trinajstić information content (AvgIpc) is 2.29. The van der Waals surface area contributed by atoms with Gasteiger partial charge in [0.25, 0.3) is 5.69 Å². The summed E-state index contributed by atoms with van der Waals surface area (Å²) in [4.78, 5) is 10.2.